The van der Waals surface area contributed by atoms with Crippen LogP contribution in [0.1, 0.15) is 37.5 Å². The third-order valence-electron chi connectivity index (χ3n) is 5.22. The summed E-state index contributed by atoms with van der Waals surface area (Å²) in [6.45, 7) is 2.60. The third-order valence-corrected chi connectivity index (χ3v) is 7.91. The number of Topliss-reactive ketones (excluding diaryl/α,β-unsaturated/α-hetero) is 1. The van der Waals surface area contributed by atoms with Gasteiger partial charge in [0.1, 0.15) is 24.2 Å². The number of phosphoric ester groups is 1. The molecule has 0 saturated carbocycles. The zero-order valence-electron chi connectivity index (χ0n) is 21.2. The lowest BCUT2D eigenvalue weighted by Crippen LogP contribution is -2.19. The van der Waals surface area contributed by atoms with E-state index in [-0.39, 0.29) is 42.7 Å². The molecule has 1 heterocycles. The minimum atomic E-state index is -4.88. The van der Waals surface area contributed by atoms with Crippen molar-refractivity contribution in [2.24, 2.45) is 0 Å². The number of ketones is 1. The van der Waals surface area contributed by atoms with Crippen LogP contribution in [0.2, 0.25) is 0 Å². The Labute approximate surface area is 227 Å². The lowest BCUT2D eigenvalue weighted by atomic mass is 10.1. The van der Waals surface area contributed by atoms with Crippen LogP contribution in [0.15, 0.2) is 48.5 Å². The molecule has 2 aromatic carbocycles. The van der Waals surface area contributed by atoms with Crippen molar-refractivity contribution in [3.8, 4) is 11.5 Å². The largest absolute Gasteiger partial charge is 0.573 e. The van der Waals surface area contributed by atoms with Crippen LogP contribution in [-0.4, -0.2) is 49.1 Å². The summed E-state index contributed by atoms with van der Waals surface area (Å²) in [5, 5.41) is -0.541. The number of hydrogen-bond acceptors (Lipinski definition) is 10. The molecule has 9 nitrogen and oxygen atoms in total. The molecular weight excluding hydrogens is 564 g/mol. The maximum absolute atomic E-state index is 12.7. The van der Waals surface area contributed by atoms with E-state index in [1.54, 1.807) is 38.1 Å². The van der Waals surface area contributed by atoms with E-state index in [2.05, 4.69) is 4.74 Å². The first-order chi connectivity index (χ1) is 18.5. The maximum Gasteiger partial charge on any atom is 0.573 e. The SMILES string of the molecule is CCOP(=O)(OCC)OCOC(COc1ccc(CC2SC(=O)CC2=O)cc1)c1cccc(OC(F)(F)F)c1. The lowest BCUT2D eigenvalue weighted by Gasteiger charge is -2.22. The average molecular weight is 593 g/mol. The van der Waals surface area contributed by atoms with Gasteiger partial charge in [0.25, 0.3) is 0 Å². The van der Waals surface area contributed by atoms with E-state index in [1.165, 1.54) is 12.1 Å². The van der Waals surface area contributed by atoms with Gasteiger partial charge in [-0.05, 0) is 55.7 Å². The van der Waals surface area contributed by atoms with Gasteiger partial charge >= 0.3 is 14.2 Å². The normalized spacial score (nSPS) is 16.9. The molecule has 0 amide bonds. The van der Waals surface area contributed by atoms with Gasteiger partial charge < -0.3 is 14.2 Å². The van der Waals surface area contributed by atoms with Gasteiger partial charge in [0.05, 0.1) is 24.9 Å². The van der Waals surface area contributed by atoms with E-state index in [1.807, 2.05) is 0 Å². The summed E-state index contributed by atoms with van der Waals surface area (Å²) in [6.07, 6.45) is -5.49. The molecule has 0 N–H and O–H groups in total. The van der Waals surface area contributed by atoms with E-state index in [4.69, 9.17) is 23.0 Å². The molecule has 1 aliphatic rings. The zero-order valence-corrected chi connectivity index (χ0v) is 22.9. The van der Waals surface area contributed by atoms with Crippen molar-refractivity contribution in [1.29, 1.82) is 0 Å². The summed E-state index contributed by atoms with van der Waals surface area (Å²) in [4.78, 5) is 23.4. The topological polar surface area (TPSA) is 107 Å². The molecule has 0 bridgehead atoms. The van der Waals surface area contributed by atoms with Gasteiger partial charge in [0.15, 0.2) is 17.7 Å². The molecule has 3 rings (SSSR count). The molecule has 1 fully saturated rings. The molecule has 2 unspecified atom stereocenters. The van der Waals surface area contributed by atoms with Crippen molar-refractivity contribution < 1.29 is 55.1 Å². The number of rotatable bonds is 15. The number of benzene rings is 2. The van der Waals surface area contributed by atoms with E-state index in [0.717, 1.165) is 29.5 Å². The Morgan fingerprint density at radius 1 is 1.00 bits per heavy atom. The Morgan fingerprint density at radius 2 is 1.69 bits per heavy atom. The van der Waals surface area contributed by atoms with E-state index >= 15 is 0 Å². The Bertz CT molecular complexity index is 1150. The molecule has 1 saturated heterocycles. The summed E-state index contributed by atoms with van der Waals surface area (Å²) in [6, 6.07) is 12.0. The van der Waals surface area contributed by atoms with E-state index < -0.39 is 38.1 Å². The second-order valence-corrected chi connectivity index (χ2v) is 11.0. The number of thioether (sulfide) groups is 1. The van der Waals surface area contributed by atoms with Crippen LogP contribution >= 0.6 is 19.6 Å². The molecule has 14 heteroatoms. The maximum atomic E-state index is 12.7. The monoisotopic (exact) mass is 592 g/mol. The minimum Gasteiger partial charge on any atom is -0.491 e. The molecule has 0 radical (unpaired) electrons. The molecule has 2 aromatic rings. The minimum absolute atomic E-state index is 0.0541. The van der Waals surface area contributed by atoms with Gasteiger partial charge in [-0.25, -0.2) is 4.57 Å². The smallest absolute Gasteiger partial charge is 0.491 e. The van der Waals surface area contributed by atoms with Gasteiger partial charge in [0.2, 0.25) is 0 Å². The Kier molecular flexibility index (Phi) is 11.4. The zero-order chi connectivity index (χ0) is 28.5. The van der Waals surface area contributed by atoms with Crippen LogP contribution in [0, 0.1) is 0 Å². The van der Waals surface area contributed by atoms with Crippen LogP contribution in [0.3, 0.4) is 0 Å². The van der Waals surface area contributed by atoms with Crippen molar-refractivity contribution in [2.45, 2.75) is 44.4 Å². The second-order valence-electron chi connectivity index (χ2n) is 8.09. The number of halogens is 3. The highest BCUT2D eigenvalue weighted by molar-refractivity contribution is 8.15. The van der Waals surface area contributed by atoms with Gasteiger partial charge in [-0.1, -0.05) is 36.0 Å². The summed E-state index contributed by atoms with van der Waals surface area (Å²) in [7, 11) is -3.89. The molecule has 1 aliphatic heterocycles. The Hall–Kier alpha value is -2.41. The standard InChI is InChI=1S/C25H28F3O9PS/c1-3-34-38(31,35-4-2)36-16-33-22(18-6-5-7-20(13-18)37-25(26,27)28)15-32-19-10-8-17(9-11-19)12-23-21(29)14-24(30)39-23/h5-11,13,22-23H,3-4,12,14-16H2,1-2H3. The number of ether oxygens (including phenoxy) is 3. The third kappa shape index (κ3) is 10.3. The number of alkyl halides is 3. The van der Waals surface area contributed by atoms with Crippen molar-refractivity contribution in [3.05, 3.63) is 59.7 Å². The molecule has 214 valence electrons. The summed E-state index contributed by atoms with van der Waals surface area (Å²) < 4.78 is 81.5. The Balaban J connectivity index is 1.68. The number of hydrogen-bond donors (Lipinski definition) is 0. The number of carbonyl (C=O) groups excluding carboxylic acids is 2. The quantitative estimate of drug-likeness (QED) is 0.138. The van der Waals surface area contributed by atoms with Gasteiger partial charge in [-0.15, -0.1) is 13.2 Å². The van der Waals surface area contributed by atoms with Crippen LogP contribution < -0.4 is 9.47 Å². The molecule has 0 aromatic heterocycles. The van der Waals surface area contributed by atoms with Crippen molar-refractivity contribution >= 4 is 30.5 Å². The first-order valence-electron chi connectivity index (χ1n) is 11.9. The van der Waals surface area contributed by atoms with Crippen molar-refractivity contribution in [1.82, 2.24) is 0 Å². The number of carbonyl (C=O) groups is 2. The summed E-state index contributed by atoms with van der Waals surface area (Å²) >= 11 is 1.04. The highest BCUT2D eigenvalue weighted by Gasteiger charge is 2.32. The average Bonchev–Trinajstić information content (AvgIpc) is 3.17. The van der Waals surface area contributed by atoms with Crippen LogP contribution in [-0.2, 0) is 38.9 Å². The van der Waals surface area contributed by atoms with Crippen LogP contribution in [0.5, 0.6) is 11.5 Å². The fourth-order valence-corrected chi connectivity index (χ4v) is 5.62. The van der Waals surface area contributed by atoms with Gasteiger partial charge in [-0.2, -0.15) is 0 Å². The first kappa shape index (κ1) is 31.1. The summed E-state index contributed by atoms with van der Waals surface area (Å²) in [5.74, 6) is -0.125. The van der Waals surface area contributed by atoms with Crippen LogP contribution in [0.4, 0.5) is 13.2 Å². The van der Waals surface area contributed by atoms with E-state index in [0.29, 0.717) is 12.2 Å². The fourth-order valence-electron chi connectivity index (χ4n) is 3.54. The van der Waals surface area contributed by atoms with Crippen molar-refractivity contribution in [2.75, 3.05) is 26.6 Å². The lowest BCUT2D eigenvalue weighted by molar-refractivity contribution is -0.274. The Morgan fingerprint density at radius 3 is 2.28 bits per heavy atom. The molecule has 39 heavy (non-hydrogen) atoms. The molecule has 0 aliphatic carbocycles. The summed E-state index contributed by atoms with van der Waals surface area (Å²) in [5.41, 5.74) is 1.12. The highest BCUT2D eigenvalue weighted by Crippen LogP contribution is 2.49. The van der Waals surface area contributed by atoms with Crippen LogP contribution in [0.25, 0.3) is 0 Å². The first-order valence-corrected chi connectivity index (χ1v) is 14.3. The van der Waals surface area contributed by atoms with Gasteiger partial charge in [0, 0.05) is 0 Å². The van der Waals surface area contributed by atoms with E-state index in [9.17, 15) is 27.3 Å². The predicted octanol–water partition coefficient (Wildman–Crippen LogP) is 6.02. The molecule has 2 atom stereocenters. The molecule has 0 spiro atoms. The highest BCUT2D eigenvalue weighted by atomic mass is 32.2. The fraction of sp³-hybridized carbons (Fsp3) is 0.440. The number of phosphoric acid groups is 1. The van der Waals surface area contributed by atoms with Crippen molar-refractivity contribution in [3.63, 3.8) is 0 Å². The predicted molar refractivity (Wildman–Crippen MR) is 135 cm³/mol. The second kappa shape index (κ2) is 14.3. The molecular formula is C25H28F3O9PS. The van der Waals surface area contributed by atoms with Gasteiger partial charge in [-0.3, -0.25) is 23.2 Å².